The van der Waals surface area contributed by atoms with Crippen molar-refractivity contribution >= 4 is 29.2 Å². The molecule has 0 aliphatic rings. The van der Waals surface area contributed by atoms with Crippen LogP contribution >= 0.6 is 0 Å². The Labute approximate surface area is 171 Å². The fraction of sp³-hybridized carbons (Fsp3) is 0.111. The van der Waals surface area contributed by atoms with Gasteiger partial charge in [-0.3, -0.25) is 19.7 Å². The van der Waals surface area contributed by atoms with Crippen molar-refractivity contribution in [2.75, 3.05) is 17.7 Å². The molecule has 3 aromatic heterocycles. The molecule has 0 saturated carbocycles. The van der Waals surface area contributed by atoms with E-state index in [1.165, 1.54) is 25.6 Å². The van der Waals surface area contributed by atoms with Crippen LogP contribution in [0.1, 0.15) is 36.9 Å². The molecule has 0 aliphatic carbocycles. The molecule has 0 bridgehead atoms. The molecule has 0 spiro atoms. The standard InChI is InChI=1S/C18H13F3N6O4/c1-31-17(30)10-4-9(5-22-6-10)15(28)26-12-8-24-27-14(12)16(29)25-11-2-3-13(23-7-11)18(19,20)21/h2-8H,1H3,(H,24,27)(H,25,29)(H,26,28). The lowest BCUT2D eigenvalue weighted by molar-refractivity contribution is -0.141. The topological polar surface area (TPSA) is 139 Å². The van der Waals surface area contributed by atoms with Crippen LogP contribution in [-0.2, 0) is 10.9 Å². The van der Waals surface area contributed by atoms with E-state index >= 15 is 0 Å². The van der Waals surface area contributed by atoms with Crippen LogP contribution in [0.4, 0.5) is 24.5 Å². The predicted octanol–water partition coefficient (Wildman–Crippen LogP) is 2.51. The normalized spacial score (nSPS) is 11.0. The van der Waals surface area contributed by atoms with Gasteiger partial charge in [-0.2, -0.15) is 18.3 Å². The van der Waals surface area contributed by atoms with E-state index in [1.54, 1.807) is 0 Å². The van der Waals surface area contributed by atoms with E-state index in [9.17, 15) is 27.6 Å². The highest BCUT2D eigenvalue weighted by atomic mass is 19.4. The van der Waals surface area contributed by atoms with Gasteiger partial charge in [-0.25, -0.2) is 9.78 Å². The summed E-state index contributed by atoms with van der Waals surface area (Å²) in [6.45, 7) is 0. The molecule has 0 fully saturated rings. The maximum absolute atomic E-state index is 12.6. The lowest BCUT2D eigenvalue weighted by Crippen LogP contribution is -2.18. The second-order valence-corrected chi connectivity index (χ2v) is 5.95. The molecule has 3 heterocycles. The molecule has 10 nitrogen and oxygen atoms in total. The van der Waals surface area contributed by atoms with E-state index < -0.39 is 29.7 Å². The van der Waals surface area contributed by atoms with Crippen molar-refractivity contribution in [3.05, 3.63) is 65.5 Å². The zero-order chi connectivity index (χ0) is 22.6. The van der Waals surface area contributed by atoms with E-state index in [0.717, 1.165) is 18.5 Å². The van der Waals surface area contributed by atoms with E-state index in [2.05, 4.69) is 35.5 Å². The zero-order valence-corrected chi connectivity index (χ0v) is 15.6. The Morgan fingerprint density at radius 2 is 1.74 bits per heavy atom. The monoisotopic (exact) mass is 434 g/mol. The number of amides is 2. The van der Waals surface area contributed by atoms with Crippen LogP contribution in [0, 0.1) is 0 Å². The molecule has 13 heteroatoms. The summed E-state index contributed by atoms with van der Waals surface area (Å²) in [7, 11) is 1.18. The summed E-state index contributed by atoms with van der Waals surface area (Å²) in [5, 5.41) is 10.9. The van der Waals surface area contributed by atoms with Crippen LogP contribution < -0.4 is 10.6 Å². The van der Waals surface area contributed by atoms with Gasteiger partial charge >= 0.3 is 12.1 Å². The number of aromatic amines is 1. The minimum atomic E-state index is -4.61. The van der Waals surface area contributed by atoms with Crippen LogP contribution in [0.3, 0.4) is 0 Å². The number of hydrogen-bond acceptors (Lipinski definition) is 7. The lowest BCUT2D eigenvalue weighted by atomic mass is 10.2. The van der Waals surface area contributed by atoms with Crippen LogP contribution in [-0.4, -0.2) is 45.1 Å². The summed E-state index contributed by atoms with van der Waals surface area (Å²) >= 11 is 0. The summed E-state index contributed by atoms with van der Waals surface area (Å²) in [5.74, 6) is -2.16. The molecule has 0 saturated heterocycles. The van der Waals surface area contributed by atoms with Crippen molar-refractivity contribution in [1.82, 2.24) is 20.2 Å². The van der Waals surface area contributed by atoms with Gasteiger partial charge in [-0.1, -0.05) is 0 Å². The molecule has 0 unspecified atom stereocenters. The average Bonchev–Trinajstić information content (AvgIpc) is 3.21. The van der Waals surface area contributed by atoms with Gasteiger partial charge in [0.1, 0.15) is 11.4 Å². The number of H-pyrrole nitrogens is 1. The maximum Gasteiger partial charge on any atom is 0.433 e. The summed E-state index contributed by atoms with van der Waals surface area (Å²) in [5.41, 5.74) is -1.21. The Hall–Kier alpha value is -4.29. The van der Waals surface area contributed by atoms with Gasteiger partial charge in [0.25, 0.3) is 11.8 Å². The summed E-state index contributed by atoms with van der Waals surface area (Å²) in [6.07, 6.45) is -0.176. The lowest BCUT2D eigenvalue weighted by Gasteiger charge is -2.09. The number of aromatic nitrogens is 4. The number of carbonyl (C=O) groups is 3. The summed E-state index contributed by atoms with van der Waals surface area (Å²) < 4.78 is 42.3. The van der Waals surface area contributed by atoms with Gasteiger partial charge in [-0.05, 0) is 18.2 Å². The number of rotatable bonds is 5. The number of anilines is 2. The quantitative estimate of drug-likeness (QED) is 0.525. The van der Waals surface area contributed by atoms with Gasteiger partial charge < -0.3 is 15.4 Å². The first kappa shape index (κ1) is 21.4. The number of ether oxygens (including phenoxy) is 1. The second kappa shape index (κ2) is 8.61. The summed E-state index contributed by atoms with van der Waals surface area (Å²) in [4.78, 5) is 43.5. The van der Waals surface area contributed by atoms with Crippen molar-refractivity contribution in [2.45, 2.75) is 6.18 Å². The molecule has 3 aromatic rings. The number of alkyl halides is 3. The maximum atomic E-state index is 12.6. The number of esters is 1. The molecule has 160 valence electrons. The zero-order valence-electron chi connectivity index (χ0n) is 15.6. The third-order valence-electron chi connectivity index (χ3n) is 3.85. The molecule has 31 heavy (non-hydrogen) atoms. The fourth-order valence-electron chi connectivity index (χ4n) is 2.37. The van der Waals surface area contributed by atoms with Crippen molar-refractivity contribution in [3.8, 4) is 0 Å². The highest BCUT2D eigenvalue weighted by Crippen LogP contribution is 2.28. The van der Waals surface area contributed by atoms with Gasteiger partial charge in [0.15, 0.2) is 0 Å². The number of methoxy groups -OCH3 is 1. The van der Waals surface area contributed by atoms with Crippen LogP contribution in [0.2, 0.25) is 0 Å². The van der Waals surface area contributed by atoms with Crippen LogP contribution in [0.5, 0.6) is 0 Å². The highest BCUT2D eigenvalue weighted by Gasteiger charge is 2.32. The number of nitrogens with one attached hydrogen (secondary N) is 3. The summed E-state index contributed by atoms with van der Waals surface area (Å²) in [6, 6.07) is 3.00. The molecule has 0 radical (unpaired) electrons. The molecular formula is C18H13F3N6O4. The molecule has 0 atom stereocenters. The third kappa shape index (κ3) is 5.01. The van der Waals surface area contributed by atoms with Gasteiger partial charge in [0.05, 0.1) is 42.0 Å². The first-order valence-corrected chi connectivity index (χ1v) is 8.41. The number of nitrogens with zero attached hydrogens (tertiary/aromatic N) is 3. The first-order chi connectivity index (χ1) is 14.7. The highest BCUT2D eigenvalue weighted by molar-refractivity contribution is 6.11. The Morgan fingerprint density at radius 3 is 2.39 bits per heavy atom. The second-order valence-electron chi connectivity index (χ2n) is 5.95. The van der Waals surface area contributed by atoms with E-state index in [1.807, 2.05) is 0 Å². The Kier molecular flexibility index (Phi) is 5.95. The smallest absolute Gasteiger partial charge is 0.433 e. The number of halogens is 3. The van der Waals surface area contributed by atoms with Crippen molar-refractivity contribution < 1.29 is 32.3 Å². The van der Waals surface area contributed by atoms with Crippen LogP contribution in [0.15, 0.2) is 43.0 Å². The number of pyridine rings is 2. The minimum Gasteiger partial charge on any atom is -0.465 e. The first-order valence-electron chi connectivity index (χ1n) is 8.41. The molecule has 3 N–H and O–H groups in total. The Morgan fingerprint density at radius 1 is 1.00 bits per heavy atom. The van der Waals surface area contributed by atoms with Gasteiger partial charge in [-0.15, -0.1) is 0 Å². The molecule has 0 aliphatic heterocycles. The molecule has 3 rings (SSSR count). The Balaban J connectivity index is 1.73. The fourth-order valence-corrected chi connectivity index (χ4v) is 2.37. The Bertz CT molecular complexity index is 1130. The average molecular weight is 434 g/mol. The van der Waals surface area contributed by atoms with E-state index in [-0.39, 0.29) is 28.2 Å². The number of carbonyl (C=O) groups excluding carboxylic acids is 3. The minimum absolute atomic E-state index is 0.000134. The van der Waals surface area contributed by atoms with Gasteiger partial charge in [0, 0.05) is 12.4 Å². The molecule has 0 aromatic carbocycles. The number of hydrogen-bond donors (Lipinski definition) is 3. The molecular weight excluding hydrogens is 421 g/mol. The van der Waals surface area contributed by atoms with Crippen LogP contribution in [0.25, 0.3) is 0 Å². The largest absolute Gasteiger partial charge is 0.465 e. The van der Waals surface area contributed by atoms with E-state index in [0.29, 0.717) is 6.07 Å². The SMILES string of the molecule is COC(=O)c1cncc(C(=O)Nc2cn[nH]c2C(=O)Nc2ccc(C(F)(F)F)nc2)c1. The van der Waals surface area contributed by atoms with Crippen molar-refractivity contribution in [1.29, 1.82) is 0 Å². The van der Waals surface area contributed by atoms with Crippen molar-refractivity contribution in [2.24, 2.45) is 0 Å². The molecule has 2 amide bonds. The van der Waals surface area contributed by atoms with Crippen molar-refractivity contribution in [3.63, 3.8) is 0 Å². The predicted molar refractivity (Wildman–Crippen MR) is 99.3 cm³/mol. The third-order valence-corrected chi connectivity index (χ3v) is 3.85. The van der Waals surface area contributed by atoms with E-state index in [4.69, 9.17) is 0 Å². The van der Waals surface area contributed by atoms with Gasteiger partial charge in [0.2, 0.25) is 0 Å².